The van der Waals surface area contributed by atoms with Gasteiger partial charge in [0.25, 0.3) is 0 Å². The Morgan fingerprint density at radius 2 is 2.47 bits per heavy atom. The highest BCUT2D eigenvalue weighted by Gasteiger charge is 2.24. The molecule has 2 heterocycles. The Bertz CT molecular complexity index is 428. The Kier molecular flexibility index (Phi) is 3.30. The lowest BCUT2D eigenvalue weighted by Gasteiger charge is -2.33. The van der Waals surface area contributed by atoms with E-state index in [2.05, 4.69) is 22.1 Å². The van der Waals surface area contributed by atoms with Gasteiger partial charge in [-0.15, -0.1) is 0 Å². The third-order valence-corrected chi connectivity index (χ3v) is 3.00. The normalized spacial score (nSPS) is 21.5. The van der Waals surface area contributed by atoms with Gasteiger partial charge in [0, 0.05) is 12.6 Å². The minimum Gasteiger partial charge on any atom is -0.409 e. The Labute approximate surface area is 99.1 Å². The van der Waals surface area contributed by atoms with Crippen LogP contribution in [0.1, 0.15) is 18.3 Å². The van der Waals surface area contributed by atoms with Crippen LogP contribution in [0.4, 0.5) is 0 Å². The van der Waals surface area contributed by atoms with Gasteiger partial charge < -0.3 is 16.0 Å². The van der Waals surface area contributed by atoms with Crippen molar-refractivity contribution in [2.24, 2.45) is 10.9 Å². The lowest BCUT2D eigenvalue weighted by Crippen LogP contribution is -2.45. The molecule has 0 aliphatic carbocycles. The molecule has 1 aromatic heterocycles. The van der Waals surface area contributed by atoms with Gasteiger partial charge in [-0.2, -0.15) is 5.10 Å². The van der Waals surface area contributed by atoms with E-state index in [1.165, 1.54) is 0 Å². The molecule has 0 radical (unpaired) electrons. The second-order valence-electron chi connectivity index (χ2n) is 4.31. The summed E-state index contributed by atoms with van der Waals surface area (Å²) in [5, 5.41) is 24.9. The fourth-order valence-corrected chi connectivity index (χ4v) is 2.06. The minimum atomic E-state index is -0.0470. The summed E-state index contributed by atoms with van der Waals surface area (Å²) in [6.07, 6.45) is 0. The SMILES string of the molecule is C[C@H]1Cn2nc(CO)cc2CN1CC(N)=NO. The van der Waals surface area contributed by atoms with Crippen LogP contribution in [0.25, 0.3) is 0 Å². The minimum absolute atomic E-state index is 0.0470. The van der Waals surface area contributed by atoms with Gasteiger partial charge in [0.1, 0.15) is 0 Å². The van der Waals surface area contributed by atoms with Gasteiger partial charge in [-0.05, 0) is 13.0 Å². The Balaban J connectivity index is 2.14. The molecule has 7 heteroatoms. The Morgan fingerprint density at radius 3 is 3.12 bits per heavy atom. The smallest absolute Gasteiger partial charge is 0.153 e. The van der Waals surface area contributed by atoms with Crippen molar-refractivity contribution >= 4 is 5.84 Å². The predicted octanol–water partition coefficient (Wildman–Crippen LogP) is -0.674. The zero-order valence-corrected chi connectivity index (χ0v) is 9.74. The van der Waals surface area contributed by atoms with Gasteiger partial charge >= 0.3 is 0 Å². The van der Waals surface area contributed by atoms with Crippen LogP contribution < -0.4 is 5.73 Å². The molecular weight excluding hydrogens is 222 g/mol. The molecule has 0 saturated heterocycles. The molecule has 94 valence electrons. The van der Waals surface area contributed by atoms with E-state index < -0.39 is 0 Å². The molecule has 1 aromatic rings. The highest BCUT2D eigenvalue weighted by atomic mass is 16.4. The molecule has 1 aliphatic heterocycles. The standard InChI is InChI=1S/C10H17N5O2/c1-7-3-15-9(2-8(6-16)12-15)4-14(7)5-10(11)13-17/h2,7,16-17H,3-6H2,1H3,(H2,11,13)/t7-/m0/s1. The summed E-state index contributed by atoms with van der Waals surface area (Å²) in [5.41, 5.74) is 7.23. The van der Waals surface area contributed by atoms with E-state index >= 15 is 0 Å². The van der Waals surface area contributed by atoms with Crippen molar-refractivity contribution in [3.05, 3.63) is 17.5 Å². The number of hydrogen-bond donors (Lipinski definition) is 3. The van der Waals surface area contributed by atoms with E-state index in [9.17, 15) is 0 Å². The van der Waals surface area contributed by atoms with Crippen molar-refractivity contribution in [3.8, 4) is 0 Å². The van der Waals surface area contributed by atoms with Crippen LogP contribution in [-0.2, 0) is 19.7 Å². The lowest BCUT2D eigenvalue weighted by molar-refractivity contribution is 0.165. The van der Waals surface area contributed by atoms with Crippen molar-refractivity contribution < 1.29 is 10.3 Å². The van der Waals surface area contributed by atoms with Crippen molar-refractivity contribution in [1.82, 2.24) is 14.7 Å². The summed E-state index contributed by atoms with van der Waals surface area (Å²) in [7, 11) is 0. The van der Waals surface area contributed by atoms with Gasteiger partial charge in [0.15, 0.2) is 5.84 Å². The number of oxime groups is 1. The summed E-state index contributed by atoms with van der Waals surface area (Å²) in [5.74, 6) is 0.201. The number of aromatic nitrogens is 2. The fraction of sp³-hybridized carbons (Fsp3) is 0.600. The highest BCUT2D eigenvalue weighted by Crippen LogP contribution is 2.17. The van der Waals surface area contributed by atoms with E-state index in [0.717, 1.165) is 12.2 Å². The molecule has 1 atom stereocenters. The second kappa shape index (κ2) is 4.72. The first-order chi connectivity index (χ1) is 8.13. The van der Waals surface area contributed by atoms with E-state index in [1.807, 2.05) is 10.7 Å². The number of aliphatic hydroxyl groups excluding tert-OH is 1. The average molecular weight is 239 g/mol. The maximum absolute atomic E-state index is 9.04. The summed E-state index contributed by atoms with van der Waals surface area (Å²) >= 11 is 0. The van der Waals surface area contributed by atoms with Crippen LogP contribution in [0.2, 0.25) is 0 Å². The molecular formula is C10H17N5O2. The lowest BCUT2D eigenvalue weighted by atomic mass is 10.2. The molecule has 0 bridgehead atoms. The van der Waals surface area contributed by atoms with Crippen LogP contribution in [0.3, 0.4) is 0 Å². The van der Waals surface area contributed by atoms with E-state index in [-0.39, 0.29) is 18.5 Å². The molecule has 0 spiro atoms. The zero-order valence-electron chi connectivity index (χ0n) is 9.74. The molecule has 0 unspecified atom stereocenters. The molecule has 7 nitrogen and oxygen atoms in total. The fourth-order valence-electron chi connectivity index (χ4n) is 2.06. The number of rotatable bonds is 3. The van der Waals surface area contributed by atoms with Gasteiger partial charge in [-0.3, -0.25) is 9.58 Å². The van der Waals surface area contributed by atoms with E-state index in [0.29, 0.717) is 18.8 Å². The highest BCUT2D eigenvalue weighted by molar-refractivity contribution is 5.81. The van der Waals surface area contributed by atoms with Crippen molar-refractivity contribution in [2.45, 2.75) is 32.7 Å². The average Bonchev–Trinajstić information content (AvgIpc) is 2.71. The third kappa shape index (κ3) is 2.40. The predicted molar refractivity (Wildman–Crippen MR) is 61.4 cm³/mol. The third-order valence-electron chi connectivity index (χ3n) is 3.00. The van der Waals surface area contributed by atoms with E-state index in [1.54, 1.807) is 0 Å². The van der Waals surface area contributed by atoms with Crippen LogP contribution in [-0.4, -0.2) is 43.4 Å². The maximum Gasteiger partial charge on any atom is 0.153 e. The largest absolute Gasteiger partial charge is 0.409 e. The number of fused-ring (bicyclic) bond motifs is 1. The first-order valence-electron chi connectivity index (χ1n) is 5.51. The Morgan fingerprint density at radius 1 is 1.71 bits per heavy atom. The number of aliphatic hydroxyl groups is 1. The molecule has 0 amide bonds. The summed E-state index contributed by atoms with van der Waals surface area (Å²) in [4.78, 5) is 2.10. The van der Waals surface area contributed by atoms with Crippen molar-refractivity contribution in [1.29, 1.82) is 0 Å². The monoisotopic (exact) mass is 239 g/mol. The summed E-state index contributed by atoms with van der Waals surface area (Å²) < 4.78 is 1.90. The Hall–Kier alpha value is -1.60. The van der Waals surface area contributed by atoms with Crippen LogP contribution in [0.15, 0.2) is 11.2 Å². The second-order valence-corrected chi connectivity index (χ2v) is 4.31. The molecule has 1 aliphatic rings. The molecule has 2 rings (SSSR count). The van der Waals surface area contributed by atoms with Crippen LogP contribution >= 0.6 is 0 Å². The molecule has 0 fully saturated rings. The van der Waals surface area contributed by atoms with Crippen molar-refractivity contribution in [2.75, 3.05) is 6.54 Å². The van der Waals surface area contributed by atoms with E-state index in [4.69, 9.17) is 16.0 Å². The van der Waals surface area contributed by atoms with Gasteiger partial charge in [0.05, 0.1) is 31.1 Å². The number of nitrogens with two attached hydrogens (primary N) is 1. The van der Waals surface area contributed by atoms with Crippen molar-refractivity contribution in [3.63, 3.8) is 0 Å². The van der Waals surface area contributed by atoms with Crippen LogP contribution in [0.5, 0.6) is 0 Å². The van der Waals surface area contributed by atoms with Gasteiger partial charge in [0.2, 0.25) is 0 Å². The molecule has 17 heavy (non-hydrogen) atoms. The quantitative estimate of drug-likeness (QED) is 0.281. The maximum atomic E-state index is 9.04. The number of amidine groups is 1. The first-order valence-corrected chi connectivity index (χ1v) is 5.51. The molecule has 0 aromatic carbocycles. The first kappa shape index (κ1) is 11.9. The molecule has 4 N–H and O–H groups in total. The number of nitrogens with zero attached hydrogens (tertiary/aromatic N) is 4. The number of hydrogen-bond acceptors (Lipinski definition) is 5. The summed E-state index contributed by atoms with van der Waals surface area (Å²) in [6.45, 7) is 3.87. The van der Waals surface area contributed by atoms with Crippen LogP contribution in [0, 0.1) is 0 Å². The zero-order chi connectivity index (χ0) is 12.4. The van der Waals surface area contributed by atoms with Gasteiger partial charge in [-0.25, -0.2) is 0 Å². The topological polar surface area (TPSA) is 99.9 Å². The molecule has 0 saturated carbocycles. The summed E-state index contributed by atoms with van der Waals surface area (Å²) in [6, 6.07) is 2.14. The van der Waals surface area contributed by atoms with Gasteiger partial charge in [-0.1, -0.05) is 5.16 Å².